The summed E-state index contributed by atoms with van der Waals surface area (Å²) >= 11 is 4.74. The topological polar surface area (TPSA) is 55.4 Å². The van der Waals surface area contributed by atoms with Gasteiger partial charge in [0.25, 0.3) is 5.91 Å². The van der Waals surface area contributed by atoms with Crippen LogP contribution in [0, 0.1) is 0 Å². The number of carbonyl (C=O) groups excluding carboxylic acids is 1. The SMILES string of the molecule is O=C(NCC(c1ccco1)c1ccco1)c1cc(Br)cs1. The van der Waals surface area contributed by atoms with Crippen molar-refractivity contribution in [3.05, 3.63) is 69.1 Å². The van der Waals surface area contributed by atoms with Gasteiger partial charge in [-0.15, -0.1) is 11.3 Å². The van der Waals surface area contributed by atoms with E-state index in [4.69, 9.17) is 8.83 Å². The zero-order valence-electron chi connectivity index (χ0n) is 10.9. The standard InChI is InChI=1S/C15H12BrNO3S/c16-10-7-14(21-9-10)15(18)17-8-11(12-3-1-5-19-12)13-4-2-6-20-13/h1-7,9,11H,8H2,(H,17,18). The monoisotopic (exact) mass is 365 g/mol. The maximum absolute atomic E-state index is 12.1. The second kappa shape index (κ2) is 6.32. The minimum Gasteiger partial charge on any atom is -0.469 e. The van der Waals surface area contributed by atoms with E-state index in [1.807, 2.05) is 29.6 Å². The van der Waals surface area contributed by atoms with E-state index in [2.05, 4.69) is 21.2 Å². The summed E-state index contributed by atoms with van der Waals surface area (Å²) < 4.78 is 11.8. The highest BCUT2D eigenvalue weighted by molar-refractivity contribution is 9.10. The van der Waals surface area contributed by atoms with E-state index >= 15 is 0 Å². The first-order valence-corrected chi connectivity index (χ1v) is 8.00. The molecule has 0 bridgehead atoms. The normalized spacial score (nSPS) is 11.0. The Balaban J connectivity index is 1.72. The van der Waals surface area contributed by atoms with Crippen molar-refractivity contribution in [2.45, 2.75) is 5.92 Å². The second-order valence-corrected chi connectivity index (χ2v) is 6.25. The van der Waals surface area contributed by atoms with Gasteiger partial charge in [0.15, 0.2) is 0 Å². The van der Waals surface area contributed by atoms with Crippen molar-refractivity contribution in [1.82, 2.24) is 5.32 Å². The van der Waals surface area contributed by atoms with Gasteiger partial charge in [-0.2, -0.15) is 0 Å². The minimum atomic E-state index is -0.137. The molecule has 0 atom stereocenters. The number of hydrogen-bond acceptors (Lipinski definition) is 4. The number of carbonyl (C=O) groups is 1. The smallest absolute Gasteiger partial charge is 0.261 e. The van der Waals surface area contributed by atoms with Gasteiger partial charge in [0.2, 0.25) is 0 Å². The maximum atomic E-state index is 12.1. The van der Waals surface area contributed by atoms with Crippen molar-refractivity contribution in [3.63, 3.8) is 0 Å². The van der Waals surface area contributed by atoms with Crippen LogP contribution in [0.1, 0.15) is 27.1 Å². The van der Waals surface area contributed by atoms with Crippen molar-refractivity contribution >= 4 is 33.2 Å². The van der Waals surface area contributed by atoms with Gasteiger partial charge in [-0.3, -0.25) is 4.79 Å². The highest BCUT2D eigenvalue weighted by atomic mass is 79.9. The van der Waals surface area contributed by atoms with Crippen LogP contribution in [0.3, 0.4) is 0 Å². The number of rotatable bonds is 5. The molecule has 0 saturated carbocycles. The molecule has 0 aliphatic carbocycles. The Morgan fingerprint density at radius 3 is 2.38 bits per heavy atom. The van der Waals surface area contributed by atoms with Crippen molar-refractivity contribution in [3.8, 4) is 0 Å². The van der Waals surface area contributed by atoms with Crippen molar-refractivity contribution < 1.29 is 13.6 Å². The van der Waals surface area contributed by atoms with E-state index in [1.54, 1.807) is 18.6 Å². The fourth-order valence-electron chi connectivity index (χ4n) is 2.03. The van der Waals surface area contributed by atoms with Crippen molar-refractivity contribution in [1.29, 1.82) is 0 Å². The predicted octanol–water partition coefficient (Wildman–Crippen LogP) is 4.26. The summed E-state index contributed by atoms with van der Waals surface area (Å²) in [4.78, 5) is 12.8. The van der Waals surface area contributed by atoms with Crippen LogP contribution < -0.4 is 5.32 Å². The van der Waals surface area contributed by atoms with Gasteiger partial charge >= 0.3 is 0 Å². The number of furan rings is 2. The first-order valence-electron chi connectivity index (χ1n) is 6.33. The summed E-state index contributed by atoms with van der Waals surface area (Å²) in [6, 6.07) is 9.20. The average molecular weight is 366 g/mol. The van der Waals surface area contributed by atoms with E-state index in [1.165, 1.54) is 11.3 Å². The third-order valence-corrected chi connectivity index (χ3v) is 4.72. The highest BCUT2D eigenvalue weighted by Crippen LogP contribution is 2.25. The molecule has 21 heavy (non-hydrogen) atoms. The Morgan fingerprint density at radius 2 is 1.90 bits per heavy atom. The van der Waals surface area contributed by atoms with Gasteiger partial charge in [-0.25, -0.2) is 0 Å². The van der Waals surface area contributed by atoms with E-state index in [-0.39, 0.29) is 11.8 Å². The summed E-state index contributed by atoms with van der Waals surface area (Å²) in [6.07, 6.45) is 3.23. The van der Waals surface area contributed by atoms with Gasteiger partial charge in [0, 0.05) is 16.4 Å². The van der Waals surface area contributed by atoms with Crippen molar-refractivity contribution in [2.24, 2.45) is 0 Å². The van der Waals surface area contributed by atoms with Gasteiger partial charge in [-0.1, -0.05) is 0 Å². The van der Waals surface area contributed by atoms with Gasteiger partial charge < -0.3 is 14.2 Å². The molecule has 3 aromatic rings. The van der Waals surface area contributed by atoms with Crippen LogP contribution in [0.2, 0.25) is 0 Å². The molecule has 6 heteroatoms. The molecule has 0 unspecified atom stereocenters. The lowest BCUT2D eigenvalue weighted by atomic mass is 10.0. The first-order chi connectivity index (χ1) is 10.2. The van der Waals surface area contributed by atoms with E-state index in [9.17, 15) is 4.79 Å². The lowest BCUT2D eigenvalue weighted by Crippen LogP contribution is -2.28. The molecule has 0 fully saturated rings. The zero-order chi connectivity index (χ0) is 14.7. The highest BCUT2D eigenvalue weighted by Gasteiger charge is 2.21. The molecule has 3 rings (SSSR count). The molecule has 3 aromatic heterocycles. The fraction of sp³-hybridized carbons (Fsp3) is 0.133. The first kappa shape index (κ1) is 14.2. The molecule has 0 radical (unpaired) electrons. The van der Waals surface area contributed by atoms with E-state index in [0.717, 1.165) is 16.0 Å². The molecule has 0 aromatic carbocycles. The molecule has 1 N–H and O–H groups in total. The van der Waals surface area contributed by atoms with Crippen LogP contribution in [-0.2, 0) is 0 Å². The van der Waals surface area contributed by atoms with Gasteiger partial charge in [0.05, 0.1) is 23.3 Å². The minimum absolute atomic E-state index is 0.103. The maximum Gasteiger partial charge on any atom is 0.261 e. The molecule has 108 valence electrons. The van der Waals surface area contributed by atoms with Gasteiger partial charge in [-0.05, 0) is 46.3 Å². The molecule has 3 heterocycles. The molecule has 0 saturated heterocycles. The Hall–Kier alpha value is -1.79. The van der Waals surface area contributed by atoms with E-state index in [0.29, 0.717) is 11.4 Å². The Bertz CT molecular complexity index is 669. The number of amides is 1. The Morgan fingerprint density at radius 1 is 1.24 bits per heavy atom. The fourth-order valence-corrected chi connectivity index (χ4v) is 3.38. The predicted molar refractivity (Wildman–Crippen MR) is 83.6 cm³/mol. The number of halogens is 1. The molecule has 0 spiro atoms. The third-order valence-electron chi connectivity index (χ3n) is 3.03. The molecule has 1 amide bonds. The van der Waals surface area contributed by atoms with Crippen LogP contribution >= 0.6 is 27.3 Å². The summed E-state index contributed by atoms with van der Waals surface area (Å²) in [7, 11) is 0. The van der Waals surface area contributed by atoms with Crippen LogP contribution in [-0.4, -0.2) is 12.5 Å². The van der Waals surface area contributed by atoms with Crippen LogP contribution in [0.25, 0.3) is 0 Å². The summed E-state index contributed by atoms with van der Waals surface area (Å²) in [5, 5.41) is 4.80. The largest absolute Gasteiger partial charge is 0.469 e. The molecule has 0 aliphatic rings. The second-order valence-electron chi connectivity index (χ2n) is 4.42. The molecular weight excluding hydrogens is 354 g/mol. The van der Waals surface area contributed by atoms with E-state index < -0.39 is 0 Å². The Kier molecular flexibility index (Phi) is 4.26. The third kappa shape index (κ3) is 3.28. The van der Waals surface area contributed by atoms with Crippen LogP contribution in [0.4, 0.5) is 0 Å². The van der Waals surface area contributed by atoms with Crippen molar-refractivity contribution in [2.75, 3.05) is 6.54 Å². The Labute approximate surface area is 133 Å². The van der Waals surface area contributed by atoms with Crippen LogP contribution in [0.15, 0.2) is 61.5 Å². The summed E-state index contributed by atoms with van der Waals surface area (Å²) in [6.45, 7) is 0.412. The molecular formula is C15H12BrNO3S. The average Bonchev–Trinajstić information content (AvgIpc) is 3.21. The molecule has 4 nitrogen and oxygen atoms in total. The summed E-state index contributed by atoms with van der Waals surface area (Å²) in [5.74, 6) is 1.28. The summed E-state index contributed by atoms with van der Waals surface area (Å²) in [5.41, 5.74) is 0. The van der Waals surface area contributed by atoms with Gasteiger partial charge in [0.1, 0.15) is 11.5 Å². The quantitative estimate of drug-likeness (QED) is 0.734. The lowest BCUT2D eigenvalue weighted by molar-refractivity contribution is 0.0955. The van der Waals surface area contributed by atoms with Crippen LogP contribution in [0.5, 0.6) is 0 Å². The number of nitrogens with one attached hydrogen (secondary N) is 1. The molecule has 0 aliphatic heterocycles. The zero-order valence-corrected chi connectivity index (χ0v) is 13.3. The number of thiophene rings is 1. The lowest BCUT2D eigenvalue weighted by Gasteiger charge is -2.12. The number of hydrogen-bond donors (Lipinski definition) is 1.